The number of aryl methyl sites for hydroxylation is 1. The standard InChI is InChI=1S/C18H27NO3/c1-12(2)17-7-6-16(10-13(17)3)22-15(5)18(20)19-8-9-21-14(4)11-19/h6-7,10,12,14-15H,8-9,11H2,1-5H3. The van der Waals surface area contributed by atoms with Crippen LogP contribution in [-0.2, 0) is 9.53 Å². The lowest BCUT2D eigenvalue weighted by Crippen LogP contribution is -2.49. The van der Waals surface area contributed by atoms with Gasteiger partial charge in [0.25, 0.3) is 5.91 Å². The Bertz CT molecular complexity index is 527. The summed E-state index contributed by atoms with van der Waals surface area (Å²) in [4.78, 5) is 14.3. The van der Waals surface area contributed by atoms with E-state index >= 15 is 0 Å². The van der Waals surface area contributed by atoms with Crippen molar-refractivity contribution < 1.29 is 14.3 Å². The first-order valence-corrected chi connectivity index (χ1v) is 8.06. The molecule has 4 heteroatoms. The molecule has 0 spiro atoms. The number of nitrogens with zero attached hydrogens (tertiary/aromatic N) is 1. The first-order chi connectivity index (χ1) is 10.4. The Hall–Kier alpha value is -1.55. The SMILES string of the molecule is Cc1cc(OC(C)C(=O)N2CCOC(C)C2)ccc1C(C)C. The highest BCUT2D eigenvalue weighted by molar-refractivity contribution is 5.81. The second-order valence-corrected chi connectivity index (χ2v) is 6.40. The summed E-state index contributed by atoms with van der Waals surface area (Å²) in [5.41, 5.74) is 2.51. The molecule has 22 heavy (non-hydrogen) atoms. The van der Waals surface area contributed by atoms with Crippen LogP contribution in [0.4, 0.5) is 0 Å². The van der Waals surface area contributed by atoms with Gasteiger partial charge in [0.05, 0.1) is 12.7 Å². The molecule has 0 bridgehead atoms. The minimum absolute atomic E-state index is 0.0285. The highest BCUT2D eigenvalue weighted by Gasteiger charge is 2.26. The predicted molar refractivity (Wildman–Crippen MR) is 87.4 cm³/mol. The van der Waals surface area contributed by atoms with E-state index in [1.807, 2.05) is 30.9 Å². The number of carbonyl (C=O) groups excluding carboxylic acids is 1. The van der Waals surface area contributed by atoms with E-state index in [9.17, 15) is 4.79 Å². The Kier molecular flexibility index (Phi) is 5.46. The van der Waals surface area contributed by atoms with Crippen molar-refractivity contribution in [3.05, 3.63) is 29.3 Å². The van der Waals surface area contributed by atoms with E-state index in [0.29, 0.717) is 25.6 Å². The molecule has 1 aliphatic rings. The number of hydrogen-bond acceptors (Lipinski definition) is 3. The van der Waals surface area contributed by atoms with E-state index in [0.717, 1.165) is 5.75 Å². The van der Waals surface area contributed by atoms with Gasteiger partial charge in [-0.15, -0.1) is 0 Å². The third kappa shape index (κ3) is 4.01. The summed E-state index contributed by atoms with van der Waals surface area (Å²) >= 11 is 0. The Morgan fingerprint density at radius 1 is 1.36 bits per heavy atom. The molecule has 1 heterocycles. The van der Waals surface area contributed by atoms with Crippen LogP contribution in [0.25, 0.3) is 0 Å². The molecule has 2 unspecified atom stereocenters. The second kappa shape index (κ2) is 7.14. The molecule has 1 saturated heterocycles. The van der Waals surface area contributed by atoms with Gasteiger partial charge in [-0.3, -0.25) is 4.79 Å². The summed E-state index contributed by atoms with van der Waals surface area (Å²) in [5, 5.41) is 0. The largest absolute Gasteiger partial charge is 0.481 e. The molecule has 1 aromatic carbocycles. The van der Waals surface area contributed by atoms with Gasteiger partial charge in [-0.1, -0.05) is 19.9 Å². The molecule has 1 fully saturated rings. The van der Waals surface area contributed by atoms with Gasteiger partial charge in [-0.2, -0.15) is 0 Å². The minimum Gasteiger partial charge on any atom is -0.481 e. The molecular weight excluding hydrogens is 278 g/mol. The van der Waals surface area contributed by atoms with Crippen LogP contribution in [0, 0.1) is 6.92 Å². The monoisotopic (exact) mass is 305 g/mol. The first-order valence-electron chi connectivity index (χ1n) is 8.06. The maximum absolute atomic E-state index is 12.5. The number of benzene rings is 1. The van der Waals surface area contributed by atoms with Crippen LogP contribution < -0.4 is 4.74 Å². The number of amides is 1. The number of ether oxygens (including phenoxy) is 2. The highest BCUT2D eigenvalue weighted by atomic mass is 16.5. The van der Waals surface area contributed by atoms with Crippen molar-refractivity contribution in [3.8, 4) is 5.75 Å². The Morgan fingerprint density at radius 2 is 2.09 bits per heavy atom. The normalized spacial score (nSPS) is 20.1. The average Bonchev–Trinajstić information content (AvgIpc) is 2.46. The van der Waals surface area contributed by atoms with E-state index in [4.69, 9.17) is 9.47 Å². The summed E-state index contributed by atoms with van der Waals surface area (Å²) in [6.45, 7) is 12.1. The van der Waals surface area contributed by atoms with Gasteiger partial charge >= 0.3 is 0 Å². The van der Waals surface area contributed by atoms with Gasteiger partial charge in [-0.25, -0.2) is 0 Å². The molecule has 2 rings (SSSR count). The maximum Gasteiger partial charge on any atom is 0.263 e. The third-order valence-electron chi connectivity index (χ3n) is 4.08. The van der Waals surface area contributed by atoms with E-state index in [2.05, 4.69) is 26.8 Å². The Balaban J connectivity index is 2.00. The van der Waals surface area contributed by atoms with Crippen molar-refractivity contribution in [3.63, 3.8) is 0 Å². The quantitative estimate of drug-likeness (QED) is 0.858. The lowest BCUT2D eigenvalue weighted by atomic mass is 9.98. The molecule has 0 aromatic heterocycles. The van der Waals surface area contributed by atoms with Crippen LogP contribution in [0.1, 0.15) is 44.7 Å². The van der Waals surface area contributed by atoms with Crippen molar-refractivity contribution in [1.82, 2.24) is 4.90 Å². The minimum atomic E-state index is -0.477. The number of carbonyl (C=O) groups is 1. The van der Waals surface area contributed by atoms with E-state index in [1.165, 1.54) is 11.1 Å². The first kappa shape index (κ1) is 16.8. The Morgan fingerprint density at radius 3 is 2.68 bits per heavy atom. The topological polar surface area (TPSA) is 38.8 Å². The lowest BCUT2D eigenvalue weighted by Gasteiger charge is -2.32. The summed E-state index contributed by atoms with van der Waals surface area (Å²) < 4.78 is 11.3. The zero-order chi connectivity index (χ0) is 16.3. The van der Waals surface area contributed by atoms with Crippen LogP contribution >= 0.6 is 0 Å². The number of rotatable bonds is 4. The molecule has 122 valence electrons. The fourth-order valence-electron chi connectivity index (χ4n) is 2.90. The van der Waals surface area contributed by atoms with Crippen molar-refractivity contribution in [1.29, 1.82) is 0 Å². The molecule has 4 nitrogen and oxygen atoms in total. The predicted octanol–water partition coefficient (Wildman–Crippen LogP) is 3.13. The molecule has 0 saturated carbocycles. The molecule has 0 N–H and O–H groups in total. The van der Waals surface area contributed by atoms with Crippen LogP contribution in [-0.4, -0.2) is 42.7 Å². The zero-order valence-electron chi connectivity index (χ0n) is 14.3. The van der Waals surface area contributed by atoms with Gasteiger partial charge in [0.1, 0.15) is 5.75 Å². The average molecular weight is 305 g/mol. The van der Waals surface area contributed by atoms with Gasteiger partial charge in [0.2, 0.25) is 0 Å². The van der Waals surface area contributed by atoms with Crippen molar-refractivity contribution in [2.24, 2.45) is 0 Å². The van der Waals surface area contributed by atoms with E-state index in [-0.39, 0.29) is 12.0 Å². The zero-order valence-corrected chi connectivity index (χ0v) is 14.3. The van der Waals surface area contributed by atoms with Gasteiger partial charge in [0, 0.05) is 13.1 Å². The van der Waals surface area contributed by atoms with Gasteiger partial charge < -0.3 is 14.4 Å². The highest BCUT2D eigenvalue weighted by Crippen LogP contribution is 2.24. The van der Waals surface area contributed by atoms with Crippen LogP contribution in [0.3, 0.4) is 0 Å². The Labute approximate surface area is 133 Å². The van der Waals surface area contributed by atoms with Crippen LogP contribution in [0.15, 0.2) is 18.2 Å². The fraction of sp³-hybridized carbons (Fsp3) is 0.611. The van der Waals surface area contributed by atoms with Crippen LogP contribution in [0.5, 0.6) is 5.75 Å². The van der Waals surface area contributed by atoms with Gasteiger partial charge in [0.15, 0.2) is 6.10 Å². The molecule has 1 aromatic rings. The smallest absolute Gasteiger partial charge is 0.263 e. The molecule has 0 aliphatic carbocycles. The molecule has 2 atom stereocenters. The fourth-order valence-corrected chi connectivity index (χ4v) is 2.90. The summed E-state index contributed by atoms with van der Waals surface area (Å²) in [7, 11) is 0. The lowest BCUT2D eigenvalue weighted by molar-refractivity contribution is -0.144. The van der Waals surface area contributed by atoms with Crippen LogP contribution in [0.2, 0.25) is 0 Å². The summed E-state index contributed by atoms with van der Waals surface area (Å²) in [6.07, 6.45) is -0.382. The third-order valence-corrected chi connectivity index (χ3v) is 4.08. The molecule has 0 radical (unpaired) electrons. The summed E-state index contributed by atoms with van der Waals surface area (Å²) in [6, 6.07) is 6.05. The van der Waals surface area contributed by atoms with Crippen molar-refractivity contribution >= 4 is 5.91 Å². The maximum atomic E-state index is 12.5. The molecule has 1 aliphatic heterocycles. The second-order valence-electron chi connectivity index (χ2n) is 6.40. The van der Waals surface area contributed by atoms with Crippen molar-refractivity contribution in [2.45, 2.75) is 52.7 Å². The number of hydrogen-bond donors (Lipinski definition) is 0. The summed E-state index contributed by atoms with van der Waals surface area (Å²) in [5.74, 6) is 1.27. The number of morpholine rings is 1. The van der Waals surface area contributed by atoms with Crippen molar-refractivity contribution in [2.75, 3.05) is 19.7 Å². The van der Waals surface area contributed by atoms with E-state index < -0.39 is 6.10 Å². The van der Waals surface area contributed by atoms with Gasteiger partial charge in [-0.05, 0) is 49.9 Å². The molecule has 1 amide bonds. The van der Waals surface area contributed by atoms with E-state index in [1.54, 1.807) is 0 Å². The molecular formula is C18H27NO3.